The van der Waals surface area contributed by atoms with Crippen molar-refractivity contribution >= 4 is 33.2 Å². The normalized spacial score (nSPS) is 13.8. The van der Waals surface area contributed by atoms with Crippen LogP contribution in [0.4, 0.5) is 11.4 Å². The average Bonchev–Trinajstić information content (AvgIpc) is 3.85. The molecule has 0 saturated heterocycles. The summed E-state index contributed by atoms with van der Waals surface area (Å²) in [4.78, 5) is 9.62. The zero-order valence-corrected chi connectivity index (χ0v) is 40.9. The van der Waals surface area contributed by atoms with Crippen LogP contribution in [0.2, 0.25) is 0 Å². The van der Waals surface area contributed by atoms with Crippen LogP contribution in [0.5, 0.6) is 11.5 Å². The van der Waals surface area contributed by atoms with E-state index in [0.29, 0.717) is 11.5 Å². The number of benzene rings is 6. The summed E-state index contributed by atoms with van der Waals surface area (Å²) < 4.78 is 8.97. The zero-order valence-electron chi connectivity index (χ0n) is 38.6. The molecule has 9 rings (SSSR count). The first-order chi connectivity index (χ1) is 30.0. The summed E-state index contributed by atoms with van der Waals surface area (Å²) in [5.41, 5.74) is 10.4. The largest absolute Gasteiger partial charge is 0.509 e. The van der Waals surface area contributed by atoms with Gasteiger partial charge < -0.3 is 19.1 Å². The van der Waals surface area contributed by atoms with Gasteiger partial charge in [-0.1, -0.05) is 166 Å². The molecule has 6 heteroatoms. The fourth-order valence-corrected chi connectivity index (χ4v) is 9.07. The molecule has 64 heavy (non-hydrogen) atoms. The van der Waals surface area contributed by atoms with Crippen LogP contribution in [-0.2, 0) is 42.7 Å². The van der Waals surface area contributed by atoms with E-state index < -0.39 is 10.8 Å². The van der Waals surface area contributed by atoms with Gasteiger partial charge in [-0.05, 0) is 68.8 Å². The smallest absolute Gasteiger partial charge is 0.135 e. The van der Waals surface area contributed by atoms with Gasteiger partial charge in [0.15, 0.2) is 0 Å². The van der Waals surface area contributed by atoms with Gasteiger partial charge in [-0.3, -0.25) is 0 Å². The summed E-state index contributed by atoms with van der Waals surface area (Å²) in [6.45, 7) is 25.1. The van der Waals surface area contributed by atoms with Gasteiger partial charge in [0, 0.05) is 72.2 Å². The number of fused-ring (bicyclic) bond motifs is 3. The molecule has 0 aliphatic carbocycles. The molecule has 0 spiro atoms. The second kappa shape index (κ2) is 16.9. The quantitative estimate of drug-likeness (QED) is 0.135. The van der Waals surface area contributed by atoms with Crippen molar-refractivity contribution in [2.24, 2.45) is 0 Å². The Balaban J connectivity index is 0.00000560. The average molecular weight is 1020 g/mol. The number of aromatic nitrogens is 2. The molecule has 328 valence electrons. The van der Waals surface area contributed by atoms with Gasteiger partial charge in [0.1, 0.15) is 5.82 Å². The SMILES string of the molecule is CC(C)(C)c1cccc(N2[CH-]N(c3[c-]c(Oc4[c-]c5c(cc4)c4ccccc4n5-c4cc(C(C)(C)C)ccn4)ccc3)C(C(C)(C)c3ccccc3)=C2C(C)(C)c2ccccc2)c1.[Pt]. The van der Waals surface area contributed by atoms with Crippen LogP contribution in [0.25, 0.3) is 27.6 Å². The molecule has 0 bridgehead atoms. The van der Waals surface area contributed by atoms with E-state index in [1.807, 2.05) is 18.3 Å². The summed E-state index contributed by atoms with van der Waals surface area (Å²) in [6.07, 6.45) is 1.91. The van der Waals surface area contributed by atoms with Gasteiger partial charge in [0.05, 0.1) is 0 Å². The molecule has 6 aromatic carbocycles. The molecule has 0 atom stereocenters. The molecule has 0 amide bonds. The molecule has 3 heterocycles. The third-order valence-corrected chi connectivity index (χ3v) is 12.7. The van der Waals surface area contributed by atoms with Crippen LogP contribution < -0.4 is 14.5 Å². The second-order valence-corrected chi connectivity index (χ2v) is 19.9. The summed E-state index contributed by atoms with van der Waals surface area (Å²) >= 11 is 0. The molecule has 5 nitrogen and oxygen atoms in total. The number of para-hydroxylation sites is 1. The number of hydrogen-bond acceptors (Lipinski definition) is 4. The maximum Gasteiger partial charge on any atom is 0.135 e. The van der Waals surface area contributed by atoms with Crippen molar-refractivity contribution in [3.63, 3.8) is 0 Å². The Morgan fingerprint density at radius 1 is 0.500 bits per heavy atom. The molecule has 1 aliphatic heterocycles. The Hall–Kier alpha value is -5.90. The number of hydrogen-bond donors (Lipinski definition) is 0. The van der Waals surface area contributed by atoms with Gasteiger partial charge in [-0.25, -0.2) is 4.98 Å². The Labute approximate surface area is 394 Å². The topological polar surface area (TPSA) is 33.5 Å². The maximum absolute atomic E-state index is 6.77. The van der Waals surface area contributed by atoms with Crippen LogP contribution >= 0.6 is 0 Å². The zero-order chi connectivity index (χ0) is 44.3. The predicted molar refractivity (Wildman–Crippen MR) is 262 cm³/mol. The van der Waals surface area contributed by atoms with E-state index in [0.717, 1.165) is 39.0 Å². The van der Waals surface area contributed by atoms with Gasteiger partial charge in [-0.2, -0.15) is 12.1 Å². The first-order valence-corrected chi connectivity index (χ1v) is 22.0. The molecule has 2 aromatic heterocycles. The number of anilines is 2. The van der Waals surface area contributed by atoms with Crippen LogP contribution in [0.15, 0.2) is 169 Å². The van der Waals surface area contributed by atoms with Crippen molar-refractivity contribution in [2.45, 2.75) is 90.9 Å². The number of ether oxygens (including phenoxy) is 1. The maximum atomic E-state index is 6.77. The summed E-state index contributed by atoms with van der Waals surface area (Å²) in [6, 6.07) is 61.2. The summed E-state index contributed by atoms with van der Waals surface area (Å²) in [5.74, 6) is 2.05. The molecule has 0 radical (unpaired) electrons. The van der Waals surface area contributed by atoms with Gasteiger partial charge in [-0.15, -0.1) is 48.1 Å². The van der Waals surface area contributed by atoms with Crippen molar-refractivity contribution < 1.29 is 25.8 Å². The van der Waals surface area contributed by atoms with E-state index in [1.165, 1.54) is 33.6 Å². The molecule has 0 N–H and O–H groups in total. The Bertz CT molecular complexity index is 2990. The van der Waals surface area contributed by atoms with E-state index >= 15 is 0 Å². The Kier molecular flexibility index (Phi) is 11.8. The molecule has 0 fully saturated rings. The molecular formula is C58H57N4OPt-3. The minimum Gasteiger partial charge on any atom is -0.509 e. The van der Waals surface area contributed by atoms with Crippen molar-refractivity contribution in [3.8, 4) is 17.3 Å². The van der Waals surface area contributed by atoms with Crippen LogP contribution in [-0.4, -0.2) is 9.55 Å². The van der Waals surface area contributed by atoms with E-state index in [9.17, 15) is 0 Å². The van der Waals surface area contributed by atoms with Crippen LogP contribution in [0, 0.1) is 18.8 Å². The molecule has 0 saturated carbocycles. The molecule has 1 aliphatic rings. The van der Waals surface area contributed by atoms with E-state index in [4.69, 9.17) is 9.72 Å². The standard InChI is InChI=1S/C58H57N4O.Pt/c1-55(2,3)42-25-19-26-44(35-42)60-39-61(54(58(9,10)41-23-15-12-16-24-41)53(60)57(7,8)40-21-13-11-14-22-40)45-27-20-28-46(37-45)63-47-31-32-49-48-29-17-18-30-50(48)62(51(49)38-47)52-36-43(33-34-59-52)56(4,5)6;/h11-36,39H,1-10H3;/q-3;. The first kappa shape index (κ1) is 44.7. The van der Waals surface area contributed by atoms with E-state index in [2.05, 4.69) is 242 Å². The predicted octanol–water partition coefficient (Wildman–Crippen LogP) is 14.8. The van der Waals surface area contributed by atoms with Crippen molar-refractivity contribution in [1.29, 1.82) is 0 Å². The number of allylic oxidation sites excluding steroid dienone is 2. The van der Waals surface area contributed by atoms with Gasteiger partial charge in [0.2, 0.25) is 0 Å². The van der Waals surface area contributed by atoms with Crippen molar-refractivity contribution in [2.75, 3.05) is 9.80 Å². The van der Waals surface area contributed by atoms with Crippen molar-refractivity contribution in [3.05, 3.63) is 210 Å². The third kappa shape index (κ3) is 8.20. The van der Waals surface area contributed by atoms with Crippen molar-refractivity contribution in [1.82, 2.24) is 9.55 Å². The van der Waals surface area contributed by atoms with Gasteiger partial charge in [0.25, 0.3) is 0 Å². The van der Waals surface area contributed by atoms with Crippen LogP contribution in [0.1, 0.15) is 91.5 Å². The minimum absolute atomic E-state index is 0. The Morgan fingerprint density at radius 3 is 1.72 bits per heavy atom. The first-order valence-electron chi connectivity index (χ1n) is 22.0. The van der Waals surface area contributed by atoms with Crippen LogP contribution in [0.3, 0.4) is 0 Å². The Morgan fingerprint density at radius 2 is 1.06 bits per heavy atom. The number of rotatable bonds is 9. The molecule has 0 unspecified atom stereocenters. The second-order valence-electron chi connectivity index (χ2n) is 19.9. The molecular weight excluding hydrogens is 964 g/mol. The van der Waals surface area contributed by atoms with Gasteiger partial charge >= 0.3 is 0 Å². The molecule has 8 aromatic rings. The van der Waals surface area contributed by atoms with E-state index in [-0.39, 0.29) is 31.9 Å². The summed E-state index contributed by atoms with van der Waals surface area (Å²) in [7, 11) is 0. The van der Waals surface area contributed by atoms with E-state index in [1.54, 1.807) is 0 Å². The third-order valence-electron chi connectivity index (χ3n) is 12.7. The fourth-order valence-electron chi connectivity index (χ4n) is 9.07. The minimum atomic E-state index is -0.440. The monoisotopic (exact) mass is 1020 g/mol. The number of pyridine rings is 1. The fraction of sp³-hybridized carbons (Fsp3) is 0.241. The number of nitrogens with zero attached hydrogens (tertiary/aromatic N) is 4. The summed E-state index contributed by atoms with van der Waals surface area (Å²) in [5, 5.41) is 2.23.